The van der Waals surface area contributed by atoms with Gasteiger partial charge in [-0.15, -0.1) is 0 Å². The SMILES string of the molecule is Cc1cc(N2CC(S(=O)(=O)NC3CCCC3)C2)n2ncnc2n1. The fraction of sp³-hybridized carbons (Fsp3) is 0.643. The van der Waals surface area contributed by atoms with Crippen molar-refractivity contribution >= 4 is 21.6 Å². The van der Waals surface area contributed by atoms with Crippen molar-refractivity contribution in [3.05, 3.63) is 18.1 Å². The highest BCUT2D eigenvalue weighted by atomic mass is 32.2. The van der Waals surface area contributed by atoms with Crippen molar-refractivity contribution in [3.8, 4) is 0 Å². The van der Waals surface area contributed by atoms with Gasteiger partial charge in [-0.25, -0.2) is 18.1 Å². The van der Waals surface area contributed by atoms with Crippen LogP contribution in [-0.4, -0.2) is 52.4 Å². The number of nitrogens with one attached hydrogen (secondary N) is 1. The van der Waals surface area contributed by atoms with Crippen molar-refractivity contribution in [2.75, 3.05) is 18.0 Å². The summed E-state index contributed by atoms with van der Waals surface area (Å²) in [6, 6.07) is 2.04. The van der Waals surface area contributed by atoms with Crippen LogP contribution in [-0.2, 0) is 10.0 Å². The predicted octanol–water partition coefficient (Wildman–Crippen LogP) is 0.483. The van der Waals surface area contributed by atoms with Crippen LogP contribution in [0.1, 0.15) is 31.4 Å². The zero-order valence-corrected chi connectivity index (χ0v) is 13.8. The second-order valence-electron chi connectivity index (χ2n) is 6.40. The highest BCUT2D eigenvalue weighted by Crippen LogP contribution is 2.26. The third-order valence-electron chi connectivity index (χ3n) is 4.66. The van der Waals surface area contributed by atoms with Crippen LogP contribution in [0.3, 0.4) is 0 Å². The Morgan fingerprint density at radius 2 is 2.00 bits per heavy atom. The molecule has 4 rings (SSSR count). The smallest absolute Gasteiger partial charge is 0.254 e. The summed E-state index contributed by atoms with van der Waals surface area (Å²) in [5.41, 5.74) is 0.843. The Hall–Kier alpha value is -1.74. The Labute approximate surface area is 135 Å². The summed E-state index contributed by atoms with van der Waals surface area (Å²) in [5.74, 6) is 1.38. The number of anilines is 1. The van der Waals surface area contributed by atoms with E-state index in [9.17, 15) is 8.42 Å². The van der Waals surface area contributed by atoms with Gasteiger partial charge in [-0.3, -0.25) is 0 Å². The van der Waals surface area contributed by atoms with E-state index in [0.29, 0.717) is 18.9 Å². The van der Waals surface area contributed by atoms with Gasteiger partial charge in [0.15, 0.2) is 0 Å². The van der Waals surface area contributed by atoms with E-state index in [1.54, 1.807) is 4.52 Å². The summed E-state index contributed by atoms with van der Waals surface area (Å²) >= 11 is 0. The minimum absolute atomic E-state index is 0.124. The van der Waals surface area contributed by atoms with Gasteiger partial charge in [0.1, 0.15) is 17.4 Å². The Bertz CT molecular complexity index is 821. The zero-order valence-electron chi connectivity index (χ0n) is 13.0. The monoisotopic (exact) mass is 336 g/mol. The largest absolute Gasteiger partial charge is 0.354 e. The standard InChI is InChI=1S/C14H20N6O2S/c1-10-6-13(20-14(17-10)15-9-16-20)19-7-12(8-19)23(21,22)18-11-4-2-3-5-11/h6,9,11-12,18H,2-5,7-8H2,1H3. The molecule has 1 N–H and O–H groups in total. The molecule has 124 valence electrons. The van der Waals surface area contributed by atoms with E-state index in [1.807, 2.05) is 17.9 Å². The summed E-state index contributed by atoms with van der Waals surface area (Å²) in [4.78, 5) is 10.4. The molecule has 1 saturated carbocycles. The molecule has 8 nitrogen and oxygen atoms in total. The molecule has 0 aromatic carbocycles. The minimum Gasteiger partial charge on any atom is -0.354 e. The quantitative estimate of drug-likeness (QED) is 0.873. The average molecular weight is 336 g/mol. The lowest BCUT2D eigenvalue weighted by molar-refractivity contribution is 0.507. The first-order valence-electron chi connectivity index (χ1n) is 7.96. The van der Waals surface area contributed by atoms with Gasteiger partial charge < -0.3 is 4.90 Å². The van der Waals surface area contributed by atoms with Crippen molar-refractivity contribution < 1.29 is 8.42 Å². The maximum absolute atomic E-state index is 12.4. The van der Waals surface area contributed by atoms with Crippen molar-refractivity contribution in [2.45, 2.75) is 43.9 Å². The number of aromatic nitrogens is 4. The first-order valence-corrected chi connectivity index (χ1v) is 9.51. The molecule has 2 fully saturated rings. The molecule has 0 unspecified atom stereocenters. The molecule has 9 heteroatoms. The Balaban J connectivity index is 1.49. The molecule has 0 radical (unpaired) electrons. The molecule has 2 aromatic rings. The molecule has 2 aromatic heterocycles. The molecule has 0 bridgehead atoms. The molecule has 1 aliphatic heterocycles. The Kier molecular flexibility index (Phi) is 3.49. The lowest BCUT2D eigenvalue weighted by Gasteiger charge is -2.40. The topological polar surface area (TPSA) is 92.5 Å². The molecule has 3 heterocycles. The van der Waals surface area contributed by atoms with Crippen molar-refractivity contribution in [1.82, 2.24) is 24.3 Å². The summed E-state index contributed by atoms with van der Waals surface area (Å²) in [6.45, 7) is 2.84. The zero-order chi connectivity index (χ0) is 16.0. The van der Waals surface area contributed by atoms with Crippen LogP contribution in [0.25, 0.3) is 5.78 Å². The van der Waals surface area contributed by atoms with Crippen LogP contribution >= 0.6 is 0 Å². The third-order valence-corrected chi connectivity index (χ3v) is 6.50. The first-order chi connectivity index (χ1) is 11.0. The molecule has 0 amide bonds. The summed E-state index contributed by atoms with van der Waals surface area (Å²) in [6.07, 6.45) is 5.60. The van der Waals surface area contributed by atoms with Crippen LogP contribution in [0.2, 0.25) is 0 Å². The van der Waals surface area contributed by atoms with Gasteiger partial charge >= 0.3 is 0 Å². The van der Waals surface area contributed by atoms with Gasteiger partial charge in [-0.1, -0.05) is 12.8 Å². The highest BCUT2D eigenvalue weighted by molar-refractivity contribution is 7.90. The van der Waals surface area contributed by atoms with Gasteiger partial charge in [0.05, 0.1) is 0 Å². The maximum Gasteiger partial charge on any atom is 0.254 e. The molecule has 1 aliphatic carbocycles. The number of hydrogen-bond acceptors (Lipinski definition) is 6. The fourth-order valence-electron chi connectivity index (χ4n) is 3.33. The number of aryl methyl sites for hydroxylation is 1. The number of nitrogens with zero attached hydrogens (tertiary/aromatic N) is 5. The Morgan fingerprint density at radius 1 is 1.26 bits per heavy atom. The van der Waals surface area contributed by atoms with E-state index in [1.165, 1.54) is 6.33 Å². The van der Waals surface area contributed by atoms with E-state index < -0.39 is 10.0 Å². The maximum atomic E-state index is 12.4. The summed E-state index contributed by atoms with van der Waals surface area (Å²) < 4.78 is 29.4. The van der Waals surface area contributed by atoms with E-state index in [2.05, 4.69) is 19.8 Å². The number of rotatable bonds is 4. The normalized spacial score (nSPS) is 20.3. The predicted molar refractivity (Wildman–Crippen MR) is 85.8 cm³/mol. The van der Waals surface area contributed by atoms with E-state index in [-0.39, 0.29) is 11.3 Å². The van der Waals surface area contributed by atoms with Gasteiger partial charge in [-0.05, 0) is 19.8 Å². The van der Waals surface area contributed by atoms with Crippen molar-refractivity contribution in [1.29, 1.82) is 0 Å². The lowest BCUT2D eigenvalue weighted by atomic mass is 10.2. The second-order valence-corrected chi connectivity index (χ2v) is 8.39. The molecule has 0 atom stereocenters. The first kappa shape index (κ1) is 14.8. The van der Waals surface area contributed by atoms with Gasteiger partial charge in [0.2, 0.25) is 10.0 Å². The number of sulfonamides is 1. The molecule has 0 spiro atoms. The number of fused-ring (bicyclic) bond motifs is 1. The van der Waals surface area contributed by atoms with Gasteiger partial charge in [-0.2, -0.15) is 14.6 Å². The molecular weight excluding hydrogens is 316 g/mol. The molecule has 1 saturated heterocycles. The average Bonchev–Trinajstić information content (AvgIpc) is 3.06. The fourth-order valence-corrected chi connectivity index (χ4v) is 4.98. The van der Waals surface area contributed by atoms with Crippen LogP contribution in [0.5, 0.6) is 0 Å². The molecule has 23 heavy (non-hydrogen) atoms. The van der Waals surface area contributed by atoms with Crippen molar-refractivity contribution in [2.24, 2.45) is 0 Å². The summed E-state index contributed by atoms with van der Waals surface area (Å²) in [5, 5.41) is 3.80. The van der Waals surface area contributed by atoms with Gasteiger partial charge in [0, 0.05) is 30.9 Å². The minimum atomic E-state index is -3.25. The van der Waals surface area contributed by atoms with E-state index in [4.69, 9.17) is 0 Å². The van der Waals surface area contributed by atoms with Crippen LogP contribution in [0, 0.1) is 6.92 Å². The van der Waals surface area contributed by atoms with E-state index >= 15 is 0 Å². The number of hydrogen-bond donors (Lipinski definition) is 1. The third kappa shape index (κ3) is 2.67. The lowest BCUT2D eigenvalue weighted by Crippen LogP contribution is -2.59. The van der Waals surface area contributed by atoms with E-state index in [0.717, 1.165) is 37.2 Å². The molecule has 2 aliphatic rings. The van der Waals surface area contributed by atoms with Gasteiger partial charge in [0.25, 0.3) is 5.78 Å². The second kappa shape index (κ2) is 5.41. The molecular formula is C14H20N6O2S. The highest BCUT2D eigenvalue weighted by Gasteiger charge is 2.39. The Morgan fingerprint density at radius 3 is 2.74 bits per heavy atom. The van der Waals surface area contributed by atoms with Crippen LogP contribution < -0.4 is 9.62 Å². The van der Waals surface area contributed by atoms with Crippen molar-refractivity contribution in [3.63, 3.8) is 0 Å². The van der Waals surface area contributed by atoms with Crippen LogP contribution in [0.4, 0.5) is 5.82 Å². The van der Waals surface area contributed by atoms with Crippen LogP contribution in [0.15, 0.2) is 12.4 Å². The summed E-state index contributed by atoms with van der Waals surface area (Å²) in [7, 11) is -3.25.